The molecule has 62 valence electrons. The van der Waals surface area contributed by atoms with Gasteiger partial charge < -0.3 is 5.11 Å². The second-order valence-electron chi connectivity index (χ2n) is 1.91. The molecule has 2 atom stereocenters. The summed E-state index contributed by atoms with van der Waals surface area (Å²) in [7, 11) is -4.20. The number of alkyl halides is 1. The van der Waals surface area contributed by atoms with E-state index < -0.39 is 27.4 Å². The smallest absolute Gasteiger partial charge is 0.271 e. The molecule has 6 heteroatoms. The van der Waals surface area contributed by atoms with Crippen LogP contribution in [-0.2, 0) is 10.1 Å². The van der Waals surface area contributed by atoms with Gasteiger partial charge in [-0.25, -0.2) is 0 Å². The van der Waals surface area contributed by atoms with Gasteiger partial charge in [0.1, 0.15) is 5.25 Å². The van der Waals surface area contributed by atoms with Crippen molar-refractivity contribution in [2.24, 2.45) is 0 Å². The molecular weight excluding hydrogens is 180 g/mol. The lowest BCUT2D eigenvalue weighted by atomic mass is 10.3. The first kappa shape index (κ1) is 10.2. The first-order valence-corrected chi connectivity index (χ1v) is 4.54. The molecule has 4 nitrogen and oxygen atoms in total. The van der Waals surface area contributed by atoms with Gasteiger partial charge in [0.15, 0.2) is 0 Å². The van der Waals surface area contributed by atoms with Crippen molar-refractivity contribution in [3.05, 3.63) is 0 Å². The molecule has 0 aromatic carbocycles. The monoisotopic (exact) mass is 188 g/mol. The second kappa shape index (κ2) is 3.52. The van der Waals surface area contributed by atoms with E-state index in [2.05, 4.69) is 0 Å². The molecule has 0 aliphatic carbocycles. The van der Waals surface area contributed by atoms with E-state index in [4.69, 9.17) is 21.3 Å². The van der Waals surface area contributed by atoms with E-state index >= 15 is 0 Å². The van der Waals surface area contributed by atoms with Gasteiger partial charge in [0, 0.05) is 0 Å². The Morgan fingerprint density at radius 3 is 2.00 bits per heavy atom. The standard InChI is InChI=1S/C4H9ClO4S/c1-3(5)4(2-6)10(7,8)9/h3-4,6H,2H2,1H3,(H,7,8,9). The highest BCUT2D eigenvalue weighted by Gasteiger charge is 2.26. The molecule has 0 rings (SSSR count). The van der Waals surface area contributed by atoms with Crippen molar-refractivity contribution in [3.8, 4) is 0 Å². The Morgan fingerprint density at radius 1 is 1.60 bits per heavy atom. The minimum absolute atomic E-state index is 0.663. The molecule has 0 fully saturated rings. The Labute approximate surface area is 64.6 Å². The van der Waals surface area contributed by atoms with E-state index in [9.17, 15) is 8.42 Å². The zero-order chi connectivity index (χ0) is 8.36. The molecule has 0 saturated heterocycles. The average molecular weight is 189 g/mol. The highest BCUT2D eigenvalue weighted by Crippen LogP contribution is 2.09. The van der Waals surface area contributed by atoms with Crippen LogP contribution in [-0.4, -0.2) is 35.3 Å². The van der Waals surface area contributed by atoms with Crippen LogP contribution in [0.25, 0.3) is 0 Å². The maximum atomic E-state index is 10.3. The van der Waals surface area contributed by atoms with E-state index in [0.29, 0.717) is 0 Å². The first-order chi connectivity index (χ1) is 4.39. The number of aliphatic hydroxyl groups is 1. The van der Waals surface area contributed by atoms with Gasteiger partial charge in [-0.05, 0) is 6.92 Å². The van der Waals surface area contributed by atoms with Crippen molar-refractivity contribution in [2.75, 3.05) is 6.61 Å². The molecule has 0 aliphatic rings. The summed E-state index contributed by atoms with van der Waals surface area (Å²) in [4.78, 5) is 0. The third-order valence-electron chi connectivity index (χ3n) is 1.07. The first-order valence-electron chi connectivity index (χ1n) is 2.60. The predicted octanol–water partition coefficient (Wildman–Crippen LogP) is -0.138. The molecule has 2 unspecified atom stereocenters. The van der Waals surface area contributed by atoms with Gasteiger partial charge in [-0.15, -0.1) is 11.6 Å². The van der Waals surface area contributed by atoms with E-state index in [-0.39, 0.29) is 0 Å². The van der Waals surface area contributed by atoms with Gasteiger partial charge in [0.2, 0.25) is 0 Å². The maximum Gasteiger partial charge on any atom is 0.271 e. The number of hydrogen-bond acceptors (Lipinski definition) is 3. The number of rotatable bonds is 3. The van der Waals surface area contributed by atoms with E-state index in [1.54, 1.807) is 0 Å². The summed E-state index contributed by atoms with van der Waals surface area (Å²) in [6.45, 7) is 0.722. The van der Waals surface area contributed by atoms with E-state index in [1.807, 2.05) is 0 Å². The number of hydrogen-bond donors (Lipinski definition) is 2. The van der Waals surface area contributed by atoms with E-state index in [1.165, 1.54) is 6.92 Å². The summed E-state index contributed by atoms with van der Waals surface area (Å²) >= 11 is 5.33. The van der Waals surface area contributed by atoms with Crippen LogP contribution in [0.4, 0.5) is 0 Å². The second-order valence-corrected chi connectivity index (χ2v) is 4.24. The third kappa shape index (κ3) is 2.83. The van der Waals surface area contributed by atoms with Crippen molar-refractivity contribution in [3.63, 3.8) is 0 Å². The molecule has 2 N–H and O–H groups in total. The van der Waals surface area contributed by atoms with Gasteiger partial charge in [-0.2, -0.15) is 8.42 Å². The molecule has 0 radical (unpaired) electrons. The molecular formula is C4H9ClO4S. The third-order valence-corrected chi connectivity index (χ3v) is 2.85. The lowest BCUT2D eigenvalue weighted by Gasteiger charge is -2.11. The summed E-state index contributed by atoms with van der Waals surface area (Å²) in [5.41, 5.74) is 0. The van der Waals surface area contributed by atoms with Crippen LogP contribution in [0.1, 0.15) is 6.92 Å². The summed E-state index contributed by atoms with van der Waals surface area (Å²) in [6, 6.07) is 0. The van der Waals surface area contributed by atoms with Crippen LogP contribution < -0.4 is 0 Å². The fourth-order valence-corrected chi connectivity index (χ4v) is 1.61. The topological polar surface area (TPSA) is 74.6 Å². The quantitative estimate of drug-likeness (QED) is 0.478. The van der Waals surface area contributed by atoms with Crippen molar-refractivity contribution in [1.29, 1.82) is 0 Å². The lowest BCUT2D eigenvalue weighted by Crippen LogP contribution is -2.31. The molecule has 10 heavy (non-hydrogen) atoms. The van der Waals surface area contributed by atoms with Crippen molar-refractivity contribution >= 4 is 21.7 Å². The Balaban J connectivity index is 4.38. The molecule has 0 aliphatic heterocycles. The Bertz CT molecular complexity index is 185. The molecule has 0 amide bonds. The number of halogens is 1. The molecule has 0 bridgehead atoms. The Kier molecular flexibility index (Phi) is 3.58. The van der Waals surface area contributed by atoms with Crippen LogP contribution in [0.5, 0.6) is 0 Å². The summed E-state index contributed by atoms with van der Waals surface area (Å²) in [5, 5.41) is 6.33. The Morgan fingerprint density at radius 2 is 2.00 bits per heavy atom. The van der Waals surface area contributed by atoms with Crippen LogP contribution >= 0.6 is 11.6 Å². The zero-order valence-corrected chi connectivity index (χ0v) is 6.93. The minimum Gasteiger partial charge on any atom is -0.395 e. The highest BCUT2D eigenvalue weighted by atomic mass is 35.5. The van der Waals surface area contributed by atoms with Gasteiger partial charge in [-0.3, -0.25) is 4.55 Å². The van der Waals surface area contributed by atoms with E-state index in [0.717, 1.165) is 0 Å². The normalized spacial score (nSPS) is 18.4. The summed E-state index contributed by atoms with van der Waals surface area (Å²) < 4.78 is 29.0. The molecule has 0 aromatic rings. The largest absolute Gasteiger partial charge is 0.395 e. The van der Waals surface area contributed by atoms with Gasteiger partial charge in [-0.1, -0.05) is 0 Å². The maximum absolute atomic E-state index is 10.3. The lowest BCUT2D eigenvalue weighted by molar-refractivity contribution is 0.282. The summed E-state index contributed by atoms with van der Waals surface area (Å²) in [5.74, 6) is 0. The van der Waals surface area contributed by atoms with Crippen molar-refractivity contribution in [1.82, 2.24) is 0 Å². The summed E-state index contributed by atoms with van der Waals surface area (Å²) in [6.07, 6.45) is 0. The minimum atomic E-state index is -4.20. The van der Waals surface area contributed by atoms with Crippen molar-refractivity contribution in [2.45, 2.75) is 17.6 Å². The highest BCUT2D eigenvalue weighted by molar-refractivity contribution is 7.86. The van der Waals surface area contributed by atoms with Gasteiger partial charge in [0.05, 0.1) is 12.0 Å². The average Bonchev–Trinajstić information content (AvgIpc) is 1.60. The van der Waals surface area contributed by atoms with Crippen LogP contribution in [0.15, 0.2) is 0 Å². The Hall–Kier alpha value is 0.160. The predicted molar refractivity (Wildman–Crippen MR) is 37.7 cm³/mol. The fourth-order valence-electron chi connectivity index (χ4n) is 0.476. The SMILES string of the molecule is CC(Cl)C(CO)S(=O)(=O)O. The number of aliphatic hydroxyl groups excluding tert-OH is 1. The van der Waals surface area contributed by atoms with Gasteiger partial charge in [0.25, 0.3) is 10.1 Å². The zero-order valence-electron chi connectivity index (χ0n) is 5.36. The molecule has 0 aromatic heterocycles. The molecule has 0 heterocycles. The van der Waals surface area contributed by atoms with Crippen molar-refractivity contribution < 1.29 is 18.1 Å². The molecule has 0 spiro atoms. The van der Waals surface area contributed by atoms with Crippen LogP contribution in [0, 0.1) is 0 Å². The van der Waals surface area contributed by atoms with Gasteiger partial charge >= 0.3 is 0 Å². The van der Waals surface area contributed by atoms with Crippen LogP contribution in [0.3, 0.4) is 0 Å². The molecule has 0 saturated carbocycles. The fraction of sp³-hybridized carbons (Fsp3) is 1.00. The van der Waals surface area contributed by atoms with Crippen LogP contribution in [0.2, 0.25) is 0 Å².